The van der Waals surface area contributed by atoms with Crippen LogP contribution in [0.5, 0.6) is 0 Å². The highest BCUT2D eigenvalue weighted by atomic mass is 32.1. The minimum atomic E-state index is -4.36. The van der Waals surface area contributed by atoms with Crippen LogP contribution in [0.1, 0.15) is 34.9 Å². The van der Waals surface area contributed by atoms with Gasteiger partial charge in [0.2, 0.25) is 5.91 Å². The van der Waals surface area contributed by atoms with E-state index in [0.717, 1.165) is 46.0 Å². The second-order valence-electron chi connectivity index (χ2n) is 9.97. The molecule has 0 radical (unpaired) electrons. The lowest BCUT2D eigenvalue weighted by molar-refractivity contribution is -0.135. The molecule has 0 spiro atoms. The van der Waals surface area contributed by atoms with Crippen molar-refractivity contribution in [2.24, 2.45) is 0 Å². The van der Waals surface area contributed by atoms with Gasteiger partial charge >= 0.3 is 6.18 Å². The molecule has 11 heteroatoms. The molecule has 0 aromatic carbocycles. The number of piperazine rings is 1. The molecule has 5 rings (SSSR count). The summed E-state index contributed by atoms with van der Waals surface area (Å²) in [7, 11) is 0. The molecule has 1 saturated heterocycles. The van der Waals surface area contributed by atoms with Gasteiger partial charge in [0.25, 0.3) is 0 Å². The molecule has 1 amide bonds. The lowest BCUT2D eigenvalue weighted by Crippen LogP contribution is -2.58. The number of amides is 1. The first-order valence-corrected chi connectivity index (χ1v) is 13.3. The number of aromatic nitrogens is 2. The maximum atomic E-state index is 13.4. The Kier molecular flexibility index (Phi) is 7.12. The highest BCUT2D eigenvalue weighted by Gasteiger charge is 2.34. The highest BCUT2D eigenvalue weighted by Crippen LogP contribution is 2.36. The minimum absolute atomic E-state index is 0.0362. The number of pyridine rings is 1. The van der Waals surface area contributed by atoms with Crippen LogP contribution in [0.2, 0.25) is 0 Å². The Bertz CT molecular complexity index is 1290. The molecule has 2 aliphatic heterocycles. The monoisotopic (exact) mass is 533 g/mol. The van der Waals surface area contributed by atoms with Crippen molar-refractivity contribution in [3.63, 3.8) is 0 Å². The van der Waals surface area contributed by atoms with E-state index in [1.165, 1.54) is 6.07 Å². The normalized spacial score (nSPS) is 21.4. The van der Waals surface area contributed by atoms with Crippen molar-refractivity contribution in [3.05, 3.63) is 51.5 Å². The van der Waals surface area contributed by atoms with Crippen molar-refractivity contribution in [2.45, 2.75) is 51.6 Å². The lowest BCUT2D eigenvalue weighted by atomic mass is 10.0. The fourth-order valence-corrected chi connectivity index (χ4v) is 6.61. The van der Waals surface area contributed by atoms with Crippen molar-refractivity contribution < 1.29 is 22.8 Å². The van der Waals surface area contributed by atoms with Gasteiger partial charge in [0, 0.05) is 53.9 Å². The van der Waals surface area contributed by atoms with Crippen LogP contribution in [0.4, 0.5) is 13.2 Å². The number of thiophene rings is 1. The zero-order valence-corrected chi connectivity index (χ0v) is 21.7. The molecule has 2 atom stereocenters. The Hall–Kier alpha value is -2.76. The molecule has 3 aromatic rings. The zero-order valence-electron chi connectivity index (χ0n) is 20.9. The number of alkyl halides is 3. The lowest BCUT2D eigenvalue weighted by Gasteiger charge is -2.44. The summed E-state index contributed by atoms with van der Waals surface area (Å²) in [6.07, 6.45) is -1.08. The number of nitrogens with zero attached hydrogens (tertiary/aromatic N) is 5. The molecule has 7 nitrogen and oxygen atoms in total. The predicted molar refractivity (Wildman–Crippen MR) is 135 cm³/mol. The van der Waals surface area contributed by atoms with Crippen molar-refractivity contribution in [1.29, 1.82) is 0 Å². The maximum Gasteiger partial charge on any atom is 0.425 e. The summed E-state index contributed by atoms with van der Waals surface area (Å²) < 4.78 is 41.5. The summed E-state index contributed by atoms with van der Waals surface area (Å²) in [5, 5.41) is 0.992. The van der Waals surface area contributed by atoms with Crippen LogP contribution in [0, 0.1) is 0 Å². The number of rotatable bonds is 6. The number of hydrogen-bond acceptors (Lipinski definition) is 6. The zero-order chi connectivity index (χ0) is 26.3. The Morgan fingerprint density at radius 2 is 1.95 bits per heavy atom. The van der Waals surface area contributed by atoms with E-state index in [1.807, 2.05) is 21.6 Å². The second-order valence-corrected chi connectivity index (χ2v) is 11.1. The number of carbonyl (C=O) groups excluding carboxylic acids is 2. The molecule has 0 bridgehead atoms. The second kappa shape index (κ2) is 10.2. The van der Waals surface area contributed by atoms with Crippen LogP contribution in [0.3, 0.4) is 0 Å². The Morgan fingerprint density at radius 3 is 2.62 bits per heavy atom. The molecule has 0 aliphatic carbocycles. The van der Waals surface area contributed by atoms with E-state index in [4.69, 9.17) is 0 Å². The first kappa shape index (κ1) is 25.9. The van der Waals surface area contributed by atoms with Crippen molar-refractivity contribution in [1.82, 2.24) is 24.3 Å². The van der Waals surface area contributed by atoms with E-state index in [2.05, 4.69) is 28.6 Å². The highest BCUT2D eigenvalue weighted by molar-refractivity contribution is 7.12. The van der Waals surface area contributed by atoms with Crippen LogP contribution >= 0.6 is 11.3 Å². The molecule has 198 valence electrons. The van der Waals surface area contributed by atoms with Crippen LogP contribution in [0.25, 0.3) is 11.0 Å². The Morgan fingerprint density at radius 1 is 1.19 bits per heavy atom. The fraction of sp³-hybridized carbons (Fsp3) is 0.500. The molecule has 2 aliphatic rings. The van der Waals surface area contributed by atoms with E-state index in [1.54, 1.807) is 6.20 Å². The molecule has 37 heavy (non-hydrogen) atoms. The van der Waals surface area contributed by atoms with Crippen LogP contribution in [-0.2, 0) is 35.3 Å². The van der Waals surface area contributed by atoms with Gasteiger partial charge in [-0.05, 0) is 50.1 Å². The summed E-state index contributed by atoms with van der Waals surface area (Å²) in [4.78, 5) is 35.0. The smallest absolute Gasteiger partial charge is 0.335 e. The van der Waals surface area contributed by atoms with Gasteiger partial charge < -0.3 is 14.3 Å². The molecular formula is C26H30F3N5O2S. The summed E-state index contributed by atoms with van der Waals surface area (Å²) >= 11 is 0.745. The van der Waals surface area contributed by atoms with E-state index >= 15 is 0 Å². The number of aldehydes is 1. The number of carbonyl (C=O) groups is 2. The summed E-state index contributed by atoms with van der Waals surface area (Å²) in [5.41, 5.74) is 2.79. The Balaban J connectivity index is 1.35. The van der Waals surface area contributed by atoms with Gasteiger partial charge in [-0.1, -0.05) is 0 Å². The quantitative estimate of drug-likeness (QED) is 0.453. The van der Waals surface area contributed by atoms with E-state index in [-0.39, 0.29) is 24.5 Å². The van der Waals surface area contributed by atoms with Gasteiger partial charge in [0.1, 0.15) is 16.8 Å². The van der Waals surface area contributed by atoms with Gasteiger partial charge in [-0.25, -0.2) is 4.98 Å². The third-order valence-corrected chi connectivity index (χ3v) is 8.56. The minimum Gasteiger partial charge on any atom is -0.335 e. The standard InChI is InChI=1S/C26H30F3N5O2S/c1-17-12-31(13-18(2)33(17)10-11-35)16-24(36)32-9-7-20-21-4-3-8-30-25(21)34(22(20)15-32)14-19-5-6-23(37-19)26(27,28)29/h3-6,8,11,17-18H,7,9-10,12-16H2,1-2H3/t17-,18+. The average Bonchev–Trinajstić information content (AvgIpc) is 3.45. The Labute approximate surface area is 217 Å². The average molecular weight is 534 g/mol. The van der Waals surface area contributed by atoms with Crippen molar-refractivity contribution >= 4 is 34.6 Å². The first-order chi connectivity index (χ1) is 17.7. The van der Waals surface area contributed by atoms with Gasteiger partial charge in [-0.15, -0.1) is 11.3 Å². The predicted octanol–water partition coefficient (Wildman–Crippen LogP) is 3.64. The third kappa shape index (κ3) is 5.17. The topological polar surface area (TPSA) is 61.7 Å². The summed E-state index contributed by atoms with van der Waals surface area (Å²) in [6, 6.07) is 6.85. The van der Waals surface area contributed by atoms with Gasteiger partial charge in [-0.3, -0.25) is 14.6 Å². The molecule has 0 N–H and O–H groups in total. The van der Waals surface area contributed by atoms with Gasteiger partial charge in [0.15, 0.2) is 0 Å². The van der Waals surface area contributed by atoms with E-state index in [9.17, 15) is 22.8 Å². The molecule has 3 aromatic heterocycles. The number of halogens is 3. The number of fused-ring (bicyclic) bond motifs is 3. The molecule has 0 saturated carbocycles. The van der Waals surface area contributed by atoms with E-state index in [0.29, 0.717) is 50.6 Å². The summed E-state index contributed by atoms with van der Waals surface area (Å²) in [6.45, 7) is 7.54. The first-order valence-electron chi connectivity index (χ1n) is 12.5. The van der Waals surface area contributed by atoms with Crippen LogP contribution in [0.15, 0.2) is 30.5 Å². The maximum absolute atomic E-state index is 13.4. The van der Waals surface area contributed by atoms with E-state index < -0.39 is 11.1 Å². The van der Waals surface area contributed by atoms with Crippen LogP contribution < -0.4 is 0 Å². The van der Waals surface area contributed by atoms with Gasteiger partial charge in [0.05, 0.1) is 26.2 Å². The number of hydrogen-bond donors (Lipinski definition) is 0. The molecule has 5 heterocycles. The largest absolute Gasteiger partial charge is 0.425 e. The molecular weight excluding hydrogens is 503 g/mol. The molecule has 0 unspecified atom stereocenters. The fourth-order valence-electron chi connectivity index (χ4n) is 5.75. The van der Waals surface area contributed by atoms with Crippen molar-refractivity contribution in [2.75, 3.05) is 32.7 Å². The van der Waals surface area contributed by atoms with Gasteiger partial charge in [-0.2, -0.15) is 13.2 Å². The third-order valence-electron chi connectivity index (χ3n) is 7.44. The van der Waals surface area contributed by atoms with Crippen molar-refractivity contribution in [3.8, 4) is 0 Å². The SMILES string of the molecule is C[C@@H]1CN(CC(=O)N2CCc3c(n(Cc4ccc(C(F)(F)F)s4)c4ncccc34)C2)C[C@H](C)N1CC=O. The summed E-state index contributed by atoms with van der Waals surface area (Å²) in [5.74, 6) is 0.0362. The molecule has 1 fully saturated rings. The van der Waals surface area contributed by atoms with Crippen LogP contribution in [-0.4, -0.2) is 81.3 Å².